The van der Waals surface area contributed by atoms with Crippen LogP contribution in [-0.2, 0) is 17.6 Å². The Balaban J connectivity index is 1.55. The normalized spacial score (nSPS) is 10.3. The SMILES string of the molecule is CCc1ccccc1NC(=O)COc1ccc(C(=O)Nc2ccccc2CC)cc1. The lowest BCUT2D eigenvalue weighted by Gasteiger charge is -2.11. The molecular formula is C25H26N2O3. The quantitative estimate of drug-likeness (QED) is 0.552. The van der Waals surface area contributed by atoms with Crippen LogP contribution in [0.4, 0.5) is 11.4 Å². The fourth-order valence-corrected chi connectivity index (χ4v) is 3.13. The average Bonchev–Trinajstić information content (AvgIpc) is 2.78. The molecule has 0 saturated heterocycles. The number of para-hydroxylation sites is 2. The number of anilines is 2. The van der Waals surface area contributed by atoms with Gasteiger partial charge in [0.1, 0.15) is 5.75 Å². The number of carbonyl (C=O) groups excluding carboxylic acids is 2. The van der Waals surface area contributed by atoms with Crippen LogP contribution in [-0.4, -0.2) is 18.4 Å². The molecule has 3 rings (SSSR count). The van der Waals surface area contributed by atoms with E-state index in [2.05, 4.69) is 10.6 Å². The van der Waals surface area contributed by atoms with Gasteiger partial charge in [0, 0.05) is 16.9 Å². The zero-order valence-corrected chi connectivity index (χ0v) is 17.3. The second-order valence-corrected chi connectivity index (χ2v) is 6.84. The topological polar surface area (TPSA) is 67.4 Å². The van der Waals surface area contributed by atoms with Crippen LogP contribution in [0.15, 0.2) is 72.8 Å². The number of rotatable bonds is 8. The molecule has 0 unspecified atom stereocenters. The summed E-state index contributed by atoms with van der Waals surface area (Å²) in [4.78, 5) is 24.7. The third kappa shape index (κ3) is 5.47. The summed E-state index contributed by atoms with van der Waals surface area (Å²) in [5.74, 6) is 0.115. The highest BCUT2D eigenvalue weighted by atomic mass is 16.5. The summed E-state index contributed by atoms with van der Waals surface area (Å²) in [5.41, 5.74) is 4.30. The Morgan fingerprint density at radius 1 is 0.733 bits per heavy atom. The van der Waals surface area contributed by atoms with Crippen molar-refractivity contribution in [1.29, 1.82) is 0 Å². The van der Waals surface area contributed by atoms with E-state index in [-0.39, 0.29) is 18.4 Å². The first-order valence-electron chi connectivity index (χ1n) is 10.1. The molecule has 0 fully saturated rings. The van der Waals surface area contributed by atoms with Crippen LogP contribution in [0.25, 0.3) is 0 Å². The Hall–Kier alpha value is -3.60. The molecule has 0 bridgehead atoms. The molecule has 5 heteroatoms. The largest absolute Gasteiger partial charge is 0.484 e. The van der Waals surface area contributed by atoms with Gasteiger partial charge in [-0.2, -0.15) is 0 Å². The molecule has 0 heterocycles. The second-order valence-electron chi connectivity index (χ2n) is 6.84. The van der Waals surface area contributed by atoms with Crippen LogP contribution >= 0.6 is 0 Å². The molecule has 0 saturated carbocycles. The third-order valence-electron chi connectivity index (χ3n) is 4.81. The summed E-state index contributed by atoms with van der Waals surface area (Å²) >= 11 is 0. The van der Waals surface area contributed by atoms with Crippen molar-refractivity contribution in [3.8, 4) is 5.75 Å². The van der Waals surface area contributed by atoms with E-state index in [1.165, 1.54) is 0 Å². The van der Waals surface area contributed by atoms with Crippen LogP contribution in [0, 0.1) is 0 Å². The summed E-state index contributed by atoms with van der Waals surface area (Å²) in [6.45, 7) is 3.99. The molecule has 0 radical (unpaired) electrons. The number of ether oxygens (including phenoxy) is 1. The third-order valence-corrected chi connectivity index (χ3v) is 4.81. The highest BCUT2D eigenvalue weighted by Gasteiger charge is 2.10. The van der Waals surface area contributed by atoms with Gasteiger partial charge in [0.2, 0.25) is 0 Å². The van der Waals surface area contributed by atoms with E-state index >= 15 is 0 Å². The van der Waals surface area contributed by atoms with Gasteiger partial charge >= 0.3 is 0 Å². The lowest BCUT2D eigenvalue weighted by molar-refractivity contribution is -0.118. The smallest absolute Gasteiger partial charge is 0.262 e. The number of aryl methyl sites for hydroxylation is 2. The predicted octanol–water partition coefficient (Wildman–Crippen LogP) is 5.08. The van der Waals surface area contributed by atoms with Crippen LogP contribution in [0.2, 0.25) is 0 Å². The molecule has 5 nitrogen and oxygen atoms in total. The van der Waals surface area contributed by atoms with Gasteiger partial charge in [0.05, 0.1) is 0 Å². The predicted molar refractivity (Wildman–Crippen MR) is 120 cm³/mol. The molecule has 0 aliphatic carbocycles. The maximum atomic E-state index is 12.5. The van der Waals surface area contributed by atoms with Gasteiger partial charge in [-0.1, -0.05) is 50.2 Å². The monoisotopic (exact) mass is 402 g/mol. The molecule has 0 atom stereocenters. The molecule has 2 N–H and O–H groups in total. The number of hydrogen-bond acceptors (Lipinski definition) is 3. The van der Waals surface area contributed by atoms with E-state index in [9.17, 15) is 9.59 Å². The fourth-order valence-electron chi connectivity index (χ4n) is 3.13. The molecule has 30 heavy (non-hydrogen) atoms. The highest BCUT2D eigenvalue weighted by Crippen LogP contribution is 2.19. The van der Waals surface area contributed by atoms with Gasteiger partial charge < -0.3 is 15.4 Å². The summed E-state index contributed by atoms with van der Waals surface area (Å²) < 4.78 is 5.56. The Labute approximate surface area is 177 Å². The van der Waals surface area contributed by atoms with Crippen molar-refractivity contribution in [3.63, 3.8) is 0 Å². The van der Waals surface area contributed by atoms with E-state index in [0.29, 0.717) is 11.3 Å². The zero-order chi connectivity index (χ0) is 21.3. The lowest BCUT2D eigenvalue weighted by atomic mass is 10.1. The highest BCUT2D eigenvalue weighted by molar-refractivity contribution is 6.04. The Morgan fingerprint density at radius 2 is 1.27 bits per heavy atom. The Morgan fingerprint density at radius 3 is 1.83 bits per heavy atom. The van der Waals surface area contributed by atoms with E-state index in [1.807, 2.05) is 62.4 Å². The lowest BCUT2D eigenvalue weighted by Crippen LogP contribution is -2.21. The first kappa shape index (κ1) is 21.1. The number of hydrogen-bond donors (Lipinski definition) is 2. The van der Waals surface area contributed by atoms with Gasteiger partial charge in [0.25, 0.3) is 11.8 Å². The minimum Gasteiger partial charge on any atom is -0.484 e. The number of benzene rings is 3. The standard InChI is InChI=1S/C25H26N2O3/c1-3-18-9-5-7-11-22(18)26-24(28)17-30-21-15-13-20(14-16-21)25(29)27-23-12-8-6-10-19(23)4-2/h5-16H,3-4,17H2,1-2H3,(H,26,28)(H,27,29). The van der Waals surface area contributed by atoms with Crippen molar-refractivity contribution < 1.29 is 14.3 Å². The molecule has 3 aromatic carbocycles. The van der Waals surface area contributed by atoms with E-state index in [1.54, 1.807) is 24.3 Å². The first-order chi connectivity index (χ1) is 14.6. The van der Waals surface area contributed by atoms with Crippen LogP contribution in [0.3, 0.4) is 0 Å². The van der Waals surface area contributed by atoms with Crippen molar-refractivity contribution in [3.05, 3.63) is 89.5 Å². The van der Waals surface area contributed by atoms with Gasteiger partial charge in [0.15, 0.2) is 6.61 Å². The van der Waals surface area contributed by atoms with Crippen LogP contribution < -0.4 is 15.4 Å². The maximum Gasteiger partial charge on any atom is 0.262 e. The van der Waals surface area contributed by atoms with Gasteiger partial charge in [-0.05, 0) is 60.4 Å². The molecular weight excluding hydrogens is 376 g/mol. The molecule has 154 valence electrons. The van der Waals surface area contributed by atoms with E-state index in [0.717, 1.165) is 35.3 Å². The second kappa shape index (κ2) is 10.3. The minimum atomic E-state index is -0.228. The summed E-state index contributed by atoms with van der Waals surface area (Å²) in [5, 5.41) is 5.81. The van der Waals surface area contributed by atoms with Crippen molar-refractivity contribution in [2.45, 2.75) is 26.7 Å². The summed E-state index contributed by atoms with van der Waals surface area (Å²) in [6.07, 6.45) is 1.68. The van der Waals surface area contributed by atoms with Crippen molar-refractivity contribution in [1.82, 2.24) is 0 Å². The minimum absolute atomic E-state index is 0.104. The molecule has 0 aliphatic heterocycles. The average molecular weight is 402 g/mol. The number of amides is 2. The van der Waals surface area contributed by atoms with Crippen molar-refractivity contribution in [2.75, 3.05) is 17.2 Å². The fraction of sp³-hybridized carbons (Fsp3) is 0.200. The first-order valence-corrected chi connectivity index (χ1v) is 10.1. The van der Waals surface area contributed by atoms with E-state index < -0.39 is 0 Å². The zero-order valence-electron chi connectivity index (χ0n) is 17.3. The number of nitrogens with one attached hydrogen (secondary N) is 2. The molecule has 0 aromatic heterocycles. The summed E-state index contributed by atoms with van der Waals surface area (Å²) in [6, 6.07) is 22.2. The number of carbonyl (C=O) groups is 2. The van der Waals surface area contributed by atoms with Gasteiger partial charge in [-0.15, -0.1) is 0 Å². The molecule has 3 aromatic rings. The van der Waals surface area contributed by atoms with Crippen LogP contribution in [0.5, 0.6) is 5.75 Å². The molecule has 0 aliphatic rings. The van der Waals surface area contributed by atoms with Crippen molar-refractivity contribution >= 4 is 23.2 Å². The molecule has 2 amide bonds. The molecule has 0 spiro atoms. The van der Waals surface area contributed by atoms with Gasteiger partial charge in [-0.3, -0.25) is 9.59 Å². The van der Waals surface area contributed by atoms with E-state index in [4.69, 9.17) is 4.74 Å². The Bertz CT molecular complexity index is 1010. The summed E-state index contributed by atoms with van der Waals surface area (Å²) in [7, 11) is 0. The van der Waals surface area contributed by atoms with Crippen molar-refractivity contribution in [2.24, 2.45) is 0 Å². The maximum absolute atomic E-state index is 12.5. The van der Waals surface area contributed by atoms with Crippen LogP contribution in [0.1, 0.15) is 35.3 Å². The Kier molecular flexibility index (Phi) is 7.22. The van der Waals surface area contributed by atoms with Gasteiger partial charge in [-0.25, -0.2) is 0 Å².